The number of aromatic nitrogens is 1. The van der Waals surface area contributed by atoms with Crippen LogP contribution < -0.4 is 5.56 Å². The first-order valence-electron chi connectivity index (χ1n) is 7.59. The third-order valence-corrected chi connectivity index (χ3v) is 4.25. The molecule has 0 atom stereocenters. The van der Waals surface area contributed by atoms with Crippen molar-refractivity contribution in [3.8, 4) is 17.2 Å². The van der Waals surface area contributed by atoms with Gasteiger partial charge in [0, 0.05) is 16.2 Å². The molecule has 6 heteroatoms. The third kappa shape index (κ3) is 2.94. The largest absolute Gasteiger partial charge is 0.462 e. The quantitative estimate of drug-likeness (QED) is 0.631. The highest BCUT2D eigenvalue weighted by Gasteiger charge is 2.24. The van der Waals surface area contributed by atoms with Crippen molar-refractivity contribution < 1.29 is 9.53 Å². The van der Waals surface area contributed by atoms with Crippen LogP contribution in [-0.4, -0.2) is 17.0 Å². The van der Waals surface area contributed by atoms with E-state index in [9.17, 15) is 14.9 Å². The Morgan fingerprint density at radius 1 is 1.28 bits per heavy atom. The van der Waals surface area contributed by atoms with Crippen LogP contribution in [-0.2, 0) is 4.74 Å². The summed E-state index contributed by atoms with van der Waals surface area (Å²) >= 11 is 3.38. The van der Waals surface area contributed by atoms with Gasteiger partial charge >= 0.3 is 5.97 Å². The molecule has 124 valence electrons. The second-order valence-corrected chi connectivity index (χ2v) is 6.14. The summed E-state index contributed by atoms with van der Waals surface area (Å²) in [5, 5.41) is 9.60. The summed E-state index contributed by atoms with van der Waals surface area (Å²) in [7, 11) is 0. The van der Waals surface area contributed by atoms with Crippen molar-refractivity contribution >= 4 is 27.4 Å². The Balaban J connectivity index is 2.53. The highest BCUT2D eigenvalue weighted by molar-refractivity contribution is 9.10. The van der Waals surface area contributed by atoms with E-state index in [0.29, 0.717) is 16.6 Å². The predicted molar refractivity (Wildman–Crippen MR) is 97.5 cm³/mol. The van der Waals surface area contributed by atoms with E-state index >= 15 is 0 Å². The third-order valence-electron chi connectivity index (χ3n) is 3.75. The zero-order valence-corrected chi connectivity index (χ0v) is 14.9. The number of hydrogen-bond donors (Lipinski definition) is 0. The molecule has 0 unspecified atom stereocenters. The van der Waals surface area contributed by atoms with Gasteiger partial charge in [-0.15, -0.1) is 0 Å². The highest BCUT2D eigenvalue weighted by Crippen LogP contribution is 2.31. The zero-order chi connectivity index (χ0) is 18.0. The van der Waals surface area contributed by atoms with Crippen molar-refractivity contribution in [2.45, 2.75) is 6.92 Å². The second-order valence-electron chi connectivity index (χ2n) is 5.23. The lowest BCUT2D eigenvalue weighted by atomic mass is 9.95. The van der Waals surface area contributed by atoms with Gasteiger partial charge in [0.25, 0.3) is 5.56 Å². The van der Waals surface area contributed by atoms with Crippen molar-refractivity contribution in [3.05, 3.63) is 74.6 Å². The number of nitrogens with zero attached hydrogens (tertiary/aromatic N) is 2. The number of nitriles is 1. The first-order valence-corrected chi connectivity index (χ1v) is 8.38. The number of carbonyl (C=O) groups is 1. The summed E-state index contributed by atoms with van der Waals surface area (Å²) in [5.41, 5.74) is 0.929. The average Bonchev–Trinajstić information content (AvgIpc) is 2.61. The lowest BCUT2D eigenvalue weighted by molar-refractivity contribution is 0.0529. The molecule has 0 bridgehead atoms. The van der Waals surface area contributed by atoms with E-state index in [1.54, 1.807) is 43.3 Å². The minimum absolute atomic E-state index is 0.0927. The molecule has 0 saturated heterocycles. The van der Waals surface area contributed by atoms with E-state index < -0.39 is 11.5 Å². The van der Waals surface area contributed by atoms with Gasteiger partial charge in [-0.05, 0) is 36.8 Å². The normalized spacial score (nSPS) is 10.4. The van der Waals surface area contributed by atoms with Crippen LogP contribution in [0.5, 0.6) is 0 Å². The fourth-order valence-corrected chi connectivity index (χ4v) is 3.15. The molecule has 0 fully saturated rings. The lowest BCUT2D eigenvalue weighted by Crippen LogP contribution is -2.22. The Hall–Kier alpha value is -2.91. The molecule has 0 N–H and O–H groups in total. The Labute approximate surface area is 152 Å². The maximum atomic E-state index is 12.7. The standard InChI is InChI=1S/C19H13BrN2O3/c1-2-25-19(24)17-15-8-3-4-9-22(15)18(23)14(11-21)16(17)12-6-5-7-13(20)10-12/h3-10H,2H2,1H3. The molecule has 25 heavy (non-hydrogen) atoms. The molecule has 0 aliphatic heterocycles. The van der Waals surface area contributed by atoms with Gasteiger partial charge in [0.1, 0.15) is 11.6 Å². The lowest BCUT2D eigenvalue weighted by Gasteiger charge is -2.14. The summed E-state index contributed by atoms with van der Waals surface area (Å²) in [5.74, 6) is -0.572. The SMILES string of the molecule is CCOC(=O)c1c(-c2cccc(Br)c2)c(C#N)c(=O)n2ccccc12. The van der Waals surface area contributed by atoms with E-state index in [2.05, 4.69) is 15.9 Å². The molecule has 2 aromatic heterocycles. The van der Waals surface area contributed by atoms with Crippen LogP contribution in [0.2, 0.25) is 0 Å². The van der Waals surface area contributed by atoms with E-state index in [1.165, 1.54) is 10.6 Å². The van der Waals surface area contributed by atoms with Crippen molar-refractivity contribution in [2.75, 3.05) is 6.61 Å². The van der Waals surface area contributed by atoms with Gasteiger partial charge in [-0.2, -0.15) is 5.26 Å². The highest BCUT2D eigenvalue weighted by atomic mass is 79.9. The van der Waals surface area contributed by atoms with E-state index in [-0.39, 0.29) is 17.7 Å². The Morgan fingerprint density at radius 3 is 2.76 bits per heavy atom. The van der Waals surface area contributed by atoms with Gasteiger partial charge in [-0.25, -0.2) is 4.79 Å². The topological polar surface area (TPSA) is 71.6 Å². The molecule has 2 heterocycles. The van der Waals surface area contributed by atoms with Crippen LogP contribution in [0.25, 0.3) is 16.6 Å². The van der Waals surface area contributed by atoms with Gasteiger partial charge in [0.15, 0.2) is 0 Å². The molecule has 0 aliphatic carbocycles. The number of benzene rings is 1. The Kier molecular flexibility index (Phi) is 4.68. The number of halogens is 1. The number of pyridine rings is 2. The van der Waals surface area contributed by atoms with Crippen LogP contribution in [0, 0.1) is 11.3 Å². The summed E-state index contributed by atoms with van der Waals surface area (Å²) < 4.78 is 7.27. The second kappa shape index (κ2) is 6.91. The minimum atomic E-state index is -0.572. The monoisotopic (exact) mass is 396 g/mol. The van der Waals surface area contributed by atoms with Crippen LogP contribution in [0.3, 0.4) is 0 Å². The maximum absolute atomic E-state index is 12.7. The van der Waals surface area contributed by atoms with E-state index in [0.717, 1.165) is 4.47 Å². The van der Waals surface area contributed by atoms with Crippen LogP contribution >= 0.6 is 15.9 Å². The Bertz CT molecular complexity index is 1080. The van der Waals surface area contributed by atoms with Gasteiger partial charge in [0.05, 0.1) is 17.7 Å². The fraction of sp³-hybridized carbons (Fsp3) is 0.105. The molecule has 3 aromatic rings. The fourth-order valence-electron chi connectivity index (χ4n) is 2.75. The molecule has 0 saturated carbocycles. The van der Waals surface area contributed by atoms with Crippen molar-refractivity contribution in [2.24, 2.45) is 0 Å². The van der Waals surface area contributed by atoms with Crippen LogP contribution in [0.15, 0.2) is 57.9 Å². The van der Waals surface area contributed by atoms with E-state index in [4.69, 9.17) is 4.74 Å². The number of carbonyl (C=O) groups excluding carboxylic acids is 1. The minimum Gasteiger partial charge on any atom is -0.462 e. The number of fused-ring (bicyclic) bond motifs is 1. The maximum Gasteiger partial charge on any atom is 0.340 e. The average molecular weight is 397 g/mol. The molecule has 5 nitrogen and oxygen atoms in total. The molecule has 3 rings (SSSR count). The van der Waals surface area contributed by atoms with Crippen molar-refractivity contribution in [3.63, 3.8) is 0 Å². The molecule has 1 aromatic carbocycles. The Morgan fingerprint density at radius 2 is 2.08 bits per heavy atom. The summed E-state index contributed by atoms with van der Waals surface area (Å²) in [6.45, 7) is 1.90. The molecular formula is C19H13BrN2O3. The van der Waals surface area contributed by atoms with Crippen molar-refractivity contribution in [1.82, 2.24) is 4.40 Å². The smallest absolute Gasteiger partial charge is 0.340 e. The van der Waals surface area contributed by atoms with Gasteiger partial charge < -0.3 is 4.74 Å². The first-order chi connectivity index (χ1) is 12.1. The molecule has 0 amide bonds. The van der Waals surface area contributed by atoms with Gasteiger partial charge in [-0.3, -0.25) is 9.20 Å². The first kappa shape index (κ1) is 16.9. The predicted octanol–water partition coefficient (Wildman–Crippen LogP) is 3.78. The van der Waals surface area contributed by atoms with Crippen LogP contribution in [0.1, 0.15) is 22.8 Å². The molecule has 0 spiro atoms. The number of hydrogen-bond acceptors (Lipinski definition) is 4. The van der Waals surface area contributed by atoms with Gasteiger partial charge in [0.2, 0.25) is 0 Å². The number of rotatable bonds is 3. The summed E-state index contributed by atoms with van der Waals surface area (Å²) in [4.78, 5) is 25.4. The summed E-state index contributed by atoms with van der Waals surface area (Å²) in [6, 6.07) is 14.1. The molecular weight excluding hydrogens is 384 g/mol. The van der Waals surface area contributed by atoms with Crippen LogP contribution in [0.4, 0.5) is 0 Å². The summed E-state index contributed by atoms with van der Waals surface area (Å²) in [6.07, 6.45) is 1.53. The zero-order valence-electron chi connectivity index (χ0n) is 13.3. The number of esters is 1. The molecule has 0 aliphatic rings. The van der Waals surface area contributed by atoms with E-state index in [1.807, 2.05) is 12.1 Å². The number of ether oxygens (including phenoxy) is 1. The van der Waals surface area contributed by atoms with Gasteiger partial charge in [-0.1, -0.05) is 34.1 Å². The van der Waals surface area contributed by atoms with Crippen molar-refractivity contribution in [1.29, 1.82) is 5.26 Å². The molecule has 0 radical (unpaired) electrons.